The van der Waals surface area contributed by atoms with Gasteiger partial charge in [-0.1, -0.05) is 12.0 Å². The van der Waals surface area contributed by atoms with E-state index in [1.54, 1.807) is 11.3 Å². The monoisotopic (exact) mass is 330 g/mol. The molecule has 1 fully saturated rings. The van der Waals surface area contributed by atoms with Crippen LogP contribution in [0.1, 0.15) is 37.4 Å². The van der Waals surface area contributed by atoms with Crippen LogP contribution in [-0.4, -0.2) is 33.3 Å². The summed E-state index contributed by atoms with van der Waals surface area (Å²) in [4.78, 5) is 12.8. The van der Waals surface area contributed by atoms with Crippen molar-refractivity contribution in [3.63, 3.8) is 0 Å². The molecule has 1 aliphatic heterocycles. The topological polar surface area (TPSA) is 94.0 Å². The standard InChI is InChI=1S/C15H18N6OS/c1-2-11-17-12(10-5-7-23-14(10)18-11)21-6-3-4-9(8-21)13-19-20-15(16)22-13/h5,7,9H,2-4,6,8H2,1H3,(H2,16,20). The van der Waals surface area contributed by atoms with E-state index in [2.05, 4.69) is 38.5 Å². The molecule has 1 saturated heterocycles. The molecule has 4 rings (SSSR count). The Morgan fingerprint density at radius 2 is 2.30 bits per heavy atom. The van der Waals surface area contributed by atoms with Crippen LogP contribution >= 0.6 is 11.3 Å². The molecule has 2 N–H and O–H groups in total. The van der Waals surface area contributed by atoms with Crippen molar-refractivity contribution in [2.24, 2.45) is 0 Å². The molecule has 3 aromatic rings. The van der Waals surface area contributed by atoms with Crippen molar-refractivity contribution in [2.45, 2.75) is 32.1 Å². The van der Waals surface area contributed by atoms with Crippen LogP contribution < -0.4 is 10.6 Å². The highest BCUT2D eigenvalue weighted by molar-refractivity contribution is 7.16. The van der Waals surface area contributed by atoms with Crippen LogP contribution in [0.25, 0.3) is 10.2 Å². The lowest BCUT2D eigenvalue weighted by atomic mass is 9.98. The van der Waals surface area contributed by atoms with Crippen molar-refractivity contribution in [1.82, 2.24) is 20.2 Å². The van der Waals surface area contributed by atoms with Gasteiger partial charge in [0.2, 0.25) is 5.89 Å². The molecule has 8 heteroatoms. The minimum atomic E-state index is 0.132. The molecule has 1 aliphatic rings. The first-order valence-corrected chi connectivity index (χ1v) is 8.70. The van der Waals surface area contributed by atoms with Crippen LogP contribution in [-0.2, 0) is 6.42 Å². The van der Waals surface area contributed by atoms with Crippen LogP contribution in [0.5, 0.6) is 0 Å². The number of aromatic nitrogens is 4. The van der Waals surface area contributed by atoms with E-state index in [-0.39, 0.29) is 11.9 Å². The van der Waals surface area contributed by atoms with Gasteiger partial charge in [-0.15, -0.1) is 16.4 Å². The molecular formula is C15H18N6OS. The lowest BCUT2D eigenvalue weighted by Crippen LogP contribution is -2.35. The molecule has 7 nitrogen and oxygen atoms in total. The van der Waals surface area contributed by atoms with Gasteiger partial charge in [0.25, 0.3) is 0 Å². The minimum Gasteiger partial charge on any atom is -0.408 e. The molecule has 0 bridgehead atoms. The Kier molecular flexibility index (Phi) is 3.60. The SMILES string of the molecule is CCc1nc(N2CCCC(c3nnc(N)o3)C2)c2ccsc2n1. The van der Waals surface area contributed by atoms with E-state index in [4.69, 9.17) is 15.1 Å². The molecule has 0 radical (unpaired) electrons. The van der Waals surface area contributed by atoms with Crippen molar-refractivity contribution in [2.75, 3.05) is 23.7 Å². The molecule has 1 unspecified atom stereocenters. The molecule has 0 amide bonds. The fourth-order valence-corrected chi connectivity index (χ4v) is 3.84. The van der Waals surface area contributed by atoms with E-state index in [1.807, 2.05) is 0 Å². The van der Waals surface area contributed by atoms with Gasteiger partial charge in [0, 0.05) is 19.5 Å². The number of anilines is 2. The predicted octanol–water partition coefficient (Wildman–Crippen LogP) is 2.60. The second-order valence-corrected chi connectivity index (χ2v) is 6.61. The summed E-state index contributed by atoms with van der Waals surface area (Å²) in [5.74, 6) is 2.73. The Labute approximate surface area is 137 Å². The highest BCUT2D eigenvalue weighted by Crippen LogP contribution is 2.33. The van der Waals surface area contributed by atoms with Crippen molar-refractivity contribution < 1.29 is 4.42 Å². The maximum Gasteiger partial charge on any atom is 0.312 e. The number of rotatable bonds is 3. The third-order valence-electron chi connectivity index (χ3n) is 4.19. The summed E-state index contributed by atoms with van der Waals surface area (Å²) in [6.45, 7) is 3.87. The first kappa shape index (κ1) is 14.4. The molecule has 3 aromatic heterocycles. The number of nitrogens with zero attached hydrogens (tertiary/aromatic N) is 5. The van der Waals surface area contributed by atoms with Crippen molar-refractivity contribution in [1.29, 1.82) is 0 Å². The van der Waals surface area contributed by atoms with E-state index in [9.17, 15) is 0 Å². The highest BCUT2D eigenvalue weighted by atomic mass is 32.1. The summed E-state index contributed by atoms with van der Waals surface area (Å²) < 4.78 is 5.42. The average molecular weight is 330 g/mol. The minimum absolute atomic E-state index is 0.132. The molecule has 0 aromatic carbocycles. The number of piperidine rings is 1. The Hall–Kier alpha value is -2.22. The molecule has 0 saturated carbocycles. The summed E-state index contributed by atoms with van der Waals surface area (Å²) in [7, 11) is 0. The number of hydrogen-bond donors (Lipinski definition) is 1. The molecule has 1 atom stereocenters. The zero-order chi connectivity index (χ0) is 15.8. The fourth-order valence-electron chi connectivity index (χ4n) is 3.06. The zero-order valence-electron chi connectivity index (χ0n) is 12.9. The number of nitrogens with two attached hydrogens (primary N) is 1. The Balaban J connectivity index is 1.68. The number of hydrogen-bond acceptors (Lipinski definition) is 8. The summed E-state index contributed by atoms with van der Waals surface area (Å²) in [6, 6.07) is 2.23. The van der Waals surface area contributed by atoms with Gasteiger partial charge in [0.1, 0.15) is 16.5 Å². The Morgan fingerprint density at radius 1 is 1.39 bits per heavy atom. The first-order chi connectivity index (χ1) is 11.2. The summed E-state index contributed by atoms with van der Waals surface area (Å²) in [5, 5.41) is 11.0. The van der Waals surface area contributed by atoms with Crippen molar-refractivity contribution in [3.8, 4) is 0 Å². The lowest BCUT2D eigenvalue weighted by Gasteiger charge is -2.32. The van der Waals surface area contributed by atoms with Gasteiger partial charge in [-0.3, -0.25) is 0 Å². The van der Waals surface area contributed by atoms with E-state index in [0.29, 0.717) is 5.89 Å². The molecule has 23 heavy (non-hydrogen) atoms. The van der Waals surface area contributed by atoms with E-state index in [1.165, 1.54) is 0 Å². The second-order valence-electron chi connectivity index (χ2n) is 5.72. The van der Waals surface area contributed by atoms with Crippen LogP contribution in [0, 0.1) is 0 Å². The first-order valence-electron chi connectivity index (χ1n) is 7.82. The van der Waals surface area contributed by atoms with Gasteiger partial charge >= 0.3 is 6.01 Å². The van der Waals surface area contributed by atoms with Crippen LogP contribution in [0.3, 0.4) is 0 Å². The van der Waals surface area contributed by atoms with Crippen LogP contribution in [0.2, 0.25) is 0 Å². The molecule has 0 spiro atoms. The van der Waals surface area contributed by atoms with Gasteiger partial charge in [-0.05, 0) is 24.3 Å². The van der Waals surface area contributed by atoms with E-state index < -0.39 is 0 Å². The van der Waals surface area contributed by atoms with Gasteiger partial charge in [-0.2, -0.15) is 0 Å². The van der Waals surface area contributed by atoms with Gasteiger partial charge in [0.15, 0.2) is 0 Å². The van der Waals surface area contributed by atoms with Crippen LogP contribution in [0.4, 0.5) is 11.8 Å². The van der Waals surface area contributed by atoms with E-state index in [0.717, 1.165) is 54.2 Å². The molecule has 4 heterocycles. The third kappa shape index (κ3) is 2.63. The normalized spacial score (nSPS) is 18.7. The number of nitrogen functional groups attached to an aromatic ring is 1. The molecule has 120 valence electrons. The lowest BCUT2D eigenvalue weighted by molar-refractivity contribution is 0.405. The Bertz CT molecular complexity index is 828. The predicted molar refractivity (Wildman–Crippen MR) is 89.7 cm³/mol. The number of fused-ring (bicyclic) bond motifs is 1. The largest absolute Gasteiger partial charge is 0.408 e. The van der Waals surface area contributed by atoms with Gasteiger partial charge in [0.05, 0.1) is 11.3 Å². The quantitative estimate of drug-likeness (QED) is 0.788. The number of aryl methyl sites for hydroxylation is 1. The second kappa shape index (κ2) is 5.77. The summed E-state index contributed by atoms with van der Waals surface area (Å²) >= 11 is 1.66. The van der Waals surface area contributed by atoms with E-state index >= 15 is 0 Å². The van der Waals surface area contributed by atoms with Crippen molar-refractivity contribution in [3.05, 3.63) is 23.2 Å². The summed E-state index contributed by atoms with van der Waals surface area (Å²) in [5.41, 5.74) is 5.56. The highest BCUT2D eigenvalue weighted by Gasteiger charge is 2.27. The fraction of sp³-hybridized carbons (Fsp3) is 0.467. The number of thiophene rings is 1. The maximum atomic E-state index is 5.56. The summed E-state index contributed by atoms with van der Waals surface area (Å²) in [6.07, 6.45) is 2.92. The van der Waals surface area contributed by atoms with Crippen molar-refractivity contribution >= 4 is 33.4 Å². The van der Waals surface area contributed by atoms with Gasteiger partial charge < -0.3 is 15.1 Å². The average Bonchev–Trinajstić information content (AvgIpc) is 3.22. The maximum absolute atomic E-state index is 5.56. The zero-order valence-corrected chi connectivity index (χ0v) is 13.7. The molecular weight excluding hydrogens is 312 g/mol. The Morgan fingerprint density at radius 3 is 3.09 bits per heavy atom. The smallest absolute Gasteiger partial charge is 0.312 e. The van der Waals surface area contributed by atoms with Gasteiger partial charge in [-0.25, -0.2) is 9.97 Å². The third-order valence-corrected chi connectivity index (χ3v) is 5.00. The van der Waals surface area contributed by atoms with Crippen LogP contribution in [0.15, 0.2) is 15.9 Å². The molecule has 0 aliphatic carbocycles.